The van der Waals surface area contributed by atoms with Crippen LogP contribution in [0.4, 0.5) is 5.69 Å². The number of ether oxygens (including phenoxy) is 1. The molecule has 1 atom stereocenters. The van der Waals surface area contributed by atoms with E-state index in [4.69, 9.17) is 9.88 Å². The van der Waals surface area contributed by atoms with Crippen molar-refractivity contribution in [3.8, 4) is 0 Å². The molecule has 3 N–H and O–H groups in total. The number of sulfonamides is 1. The fourth-order valence-electron chi connectivity index (χ4n) is 2.82. The number of nitrogens with one attached hydrogen (secondary N) is 1. The fraction of sp³-hybridized carbons (Fsp3) is 0.0909. The van der Waals surface area contributed by atoms with Crippen molar-refractivity contribution in [3.63, 3.8) is 0 Å². The fourth-order valence-corrected chi connectivity index (χ4v) is 3.37. The minimum Gasteiger partial charge on any atom is -0.449 e. The monoisotopic (exact) mass is 424 g/mol. The summed E-state index contributed by atoms with van der Waals surface area (Å²) in [5.41, 5.74) is 1.07. The average Bonchev–Trinajstić information content (AvgIpc) is 2.71. The summed E-state index contributed by atoms with van der Waals surface area (Å²) in [7, 11) is -3.90. The second-order valence-corrected chi connectivity index (χ2v) is 8.10. The summed E-state index contributed by atoms with van der Waals surface area (Å²) < 4.78 is 28.0. The van der Waals surface area contributed by atoms with Crippen LogP contribution in [0.5, 0.6) is 0 Å². The van der Waals surface area contributed by atoms with Crippen molar-refractivity contribution < 1.29 is 22.7 Å². The van der Waals surface area contributed by atoms with Gasteiger partial charge in [0.05, 0.1) is 4.90 Å². The summed E-state index contributed by atoms with van der Waals surface area (Å²) in [4.78, 5) is 24.2. The molecule has 30 heavy (non-hydrogen) atoms. The molecule has 0 saturated carbocycles. The van der Waals surface area contributed by atoms with E-state index >= 15 is 0 Å². The molecule has 8 heteroatoms. The molecule has 1 unspecified atom stereocenters. The average molecular weight is 424 g/mol. The molecule has 7 nitrogen and oxygen atoms in total. The maximum atomic E-state index is 12.3. The van der Waals surface area contributed by atoms with Crippen molar-refractivity contribution in [2.45, 2.75) is 17.9 Å². The van der Waals surface area contributed by atoms with Crippen LogP contribution in [0, 0.1) is 0 Å². The Kier molecular flexibility index (Phi) is 6.29. The van der Waals surface area contributed by atoms with Gasteiger partial charge in [-0.3, -0.25) is 4.79 Å². The minimum absolute atomic E-state index is 0.136. The number of fused-ring (bicyclic) bond motifs is 1. The minimum atomic E-state index is -3.90. The van der Waals surface area contributed by atoms with Gasteiger partial charge in [0.15, 0.2) is 6.10 Å². The second-order valence-electron chi connectivity index (χ2n) is 6.54. The first-order valence-electron chi connectivity index (χ1n) is 9.04. The predicted octanol–water partition coefficient (Wildman–Crippen LogP) is 3.07. The Morgan fingerprint density at radius 3 is 2.50 bits per heavy atom. The Balaban J connectivity index is 1.64. The number of primary sulfonamides is 1. The van der Waals surface area contributed by atoms with Gasteiger partial charge in [0.25, 0.3) is 5.91 Å². The SMILES string of the molecule is CC(OC(=O)/C=C/c1cccc2ccccc12)C(=O)Nc1cccc(S(N)(=O)=O)c1. The van der Waals surface area contributed by atoms with Gasteiger partial charge in [-0.2, -0.15) is 0 Å². The zero-order valence-electron chi connectivity index (χ0n) is 16.1. The van der Waals surface area contributed by atoms with Crippen molar-refractivity contribution in [3.05, 3.63) is 78.4 Å². The number of anilines is 1. The maximum Gasteiger partial charge on any atom is 0.331 e. The Labute approximate surface area is 174 Å². The highest BCUT2D eigenvalue weighted by molar-refractivity contribution is 7.89. The first kappa shape index (κ1) is 21.2. The number of esters is 1. The molecule has 0 fully saturated rings. The summed E-state index contributed by atoms with van der Waals surface area (Å²) >= 11 is 0. The van der Waals surface area contributed by atoms with Gasteiger partial charge in [-0.05, 0) is 47.5 Å². The van der Waals surface area contributed by atoms with Gasteiger partial charge in [0.1, 0.15) is 0 Å². The summed E-state index contributed by atoms with van der Waals surface area (Å²) in [5.74, 6) is -1.28. The summed E-state index contributed by atoms with van der Waals surface area (Å²) in [6, 6.07) is 19.0. The Hall–Kier alpha value is -3.49. The third-order valence-electron chi connectivity index (χ3n) is 4.31. The molecule has 0 radical (unpaired) electrons. The lowest BCUT2D eigenvalue weighted by molar-refractivity contribution is -0.148. The summed E-state index contributed by atoms with van der Waals surface area (Å²) in [5, 5.41) is 9.61. The van der Waals surface area contributed by atoms with Crippen LogP contribution in [0.25, 0.3) is 16.8 Å². The van der Waals surface area contributed by atoms with Gasteiger partial charge in [-0.15, -0.1) is 0 Å². The van der Waals surface area contributed by atoms with E-state index in [0.29, 0.717) is 0 Å². The van der Waals surface area contributed by atoms with Crippen molar-refractivity contribution >= 4 is 44.4 Å². The normalized spacial score (nSPS) is 12.6. The van der Waals surface area contributed by atoms with E-state index in [1.165, 1.54) is 37.3 Å². The van der Waals surface area contributed by atoms with Crippen molar-refractivity contribution in [1.82, 2.24) is 0 Å². The zero-order chi connectivity index (χ0) is 21.7. The third kappa shape index (κ3) is 5.31. The molecule has 0 aromatic heterocycles. The van der Waals surface area contributed by atoms with E-state index in [2.05, 4.69) is 5.32 Å². The van der Waals surface area contributed by atoms with Crippen molar-refractivity contribution in [1.29, 1.82) is 0 Å². The Morgan fingerprint density at radius 1 is 1.03 bits per heavy atom. The molecular formula is C22H20N2O5S. The van der Waals surface area contributed by atoms with Gasteiger partial charge in [-0.25, -0.2) is 18.4 Å². The number of amides is 1. The van der Waals surface area contributed by atoms with Gasteiger partial charge >= 0.3 is 5.97 Å². The molecule has 3 aromatic rings. The lowest BCUT2D eigenvalue weighted by Crippen LogP contribution is -2.29. The van der Waals surface area contributed by atoms with E-state index in [1.54, 1.807) is 6.08 Å². The molecule has 3 rings (SSSR count). The molecular weight excluding hydrogens is 404 g/mol. The third-order valence-corrected chi connectivity index (χ3v) is 5.23. The molecule has 0 aliphatic heterocycles. The van der Waals surface area contributed by atoms with E-state index in [-0.39, 0.29) is 10.6 Å². The highest BCUT2D eigenvalue weighted by atomic mass is 32.2. The van der Waals surface area contributed by atoms with Gasteiger partial charge < -0.3 is 10.1 Å². The lowest BCUT2D eigenvalue weighted by Gasteiger charge is -2.13. The number of nitrogens with two attached hydrogens (primary N) is 1. The molecule has 3 aromatic carbocycles. The standard InChI is InChI=1S/C22H20N2O5S/c1-15(22(26)24-18-9-5-10-19(14-18)30(23,27)28)29-21(25)13-12-17-8-4-7-16-6-2-3-11-20(16)17/h2-15H,1H3,(H,24,26)(H2,23,27,28)/b13-12+. The van der Waals surface area contributed by atoms with Crippen LogP contribution in [-0.2, 0) is 24.3 Å². The molecule has 1 amide bonds. The second kappa shape index (κ2) is 8.89. The van der Waals surface area contributed by atoms with Crippen LogP contribution >= 0.6 is 0 Å². The van der Waals surface area contributed by atoms with Crippen LogP contribution in [0.2, 0.25) is 0 Å². The quantitative estimate of drug-likeness (QED) is 0.466. The molecule has 154 valence electrons. The number of benzene rings is 3. The first-order valence-corrected chi connectivity index (χ1v) is 10.6. The van der Waals surface area contributed by atoms with Crippen LogP contribution in [0.15, 0.2) is 77.7 Å². The van der Waals surface area contributed by atoms with Crippen molar-refractivity contribution in [2.24, 2.45) is 5.14 Å². The number of hydrogen-bond acceptors (Lipinski definition) is 5. The highest BCUT2D eigenvalue weighted by Crippen LogP contribution is 2.20. The van der Waals surface area contributed by atoms with Crippen LogP contribution in [0.1, 0.15) is 12.5 Å². The molecule has 0 spiro atoms. The zero-order valence-corrected chi connectivity index (χ0v) is 16.9. The Morgan fingerprint density at radius 2 is 1.73 bits per heavy atom. The van der Waals surface area contributed by atoms with Crippen LogP contribution in [-0.4, -0.2) is 26.4 Å². The van der Waals surface area contributed by atoms with Gasteiger partial charge in [0.2, 0.25) is 10.0 Å². The topological polar surface area (TPSA) is 116 Å². The van der Waals surface area contributed by atoms with Gasteiger partial charge in [-0.1, -0.05) is 48.5 Å². The number of carbonyl (C=O) groups excluding carboxylic acids is 2. The molecule has 0 bridgehead atoms. The maximum absolute atomic E-state index is 12.3. The number of rotatable bonds is 6. The number of carbonyl (C=O) groups is 2. The smallest absolute Gasteiger partial charge is 0.331 e. The first-order chi connectivity index (χ1) is 14.2. The van der Waals surface area contributed by atoms with Crippen LogP contribution in [0.3, 0.4) is 0 Å². The largest absolute Gasteiger partial charge is 0.449 e. The predicted molar refractivity (Wildman–Crippen MR) is 115 cm³/mol. The lowest BCUT2D eigenvalue weighted by atomic mass is 10.0. The Bertz CT molecular complexity index is 1230. The van der Waals surface area contributed by atoms with E-state index in [1.807, 2.05) is 42.5 Å². The van der Waals surface area contributed by atoms with Gasteiger partial charge in [0, 0.05) is 11.8 Å². The van der Waals surface area contributed by atoms with E-state index in [9.17, 15) is 18.0 Å². The molecule has 0 saturated heterocycles. The van der Waals surface area contributed by atoms with Crippen LogP contribution < -0.4 is 10.5 Å². The molecule has 0 aliphatic carbocycles. The summed E-state index contributed by atoms with van der Waals surface area (Å²) in [6.45, 7) is 1.42. The van der Waals surface area contributed by atoms with Crippen molar-refractivity contribution in [2.75, 3.05) is 5.32 Å². The number of hydrogen-bond donors (Lipinski definition) is 2. The van der Waals surface area contributed by atoms with E-state index in [0.717, 1.165) is 16.3 Å². The van der Waals surface area contributed by atoms with E-state index < -0.39 is 28.0 Å². The summed E-state index contributed by atoms with van der Waals surface area (Å²) in [6.07, 6.45) is 1.80. The highest BCUT2D eigenvalue weighted by Gasteiger charge is 2.17. The molecule has 0 aliphatic rings. The molecule has 0 heterocycles.